The third-order valence-corrected chi connectivity index (χ3v) is 4.40. The van der Waals surface area contributed by atoms with Crippen molar-refractivity contribution in [3.05, 3.63) is 77.1 Å². The molecule has 2 amide bonds. The molecule has 0 fully saturated rings. The number of nitrogens with one attached hydrogen (secondary N) is 1. The fourth-order valence-electron chi connectivity index (χ4n) is 2.93. The summed E-state index contributed by atoms with van der Waals surface area (Å²) in [7, 11) is 0. The largest absolute Gasteiger partial charge is 0.488 e. The van der Waals surface area contributed by atoms with Gasteiger partial charge in [0.2, 0.25) is 0 Å². The number of amides is 2. The Morgan fingerprint density at radius 1 is 1.03 bits per heavy atom. The molecule has 0 saturated carbocycles. The van der Waals surface area contributed by atoms with E-state index in [0.29, 0.717) is 6.07 Å². The second kappa shape index (κ2) is 9.95. The first kappa shape index (κ1) is 25.4. The highest BCUT2D eigenvalue weighted by atomic mass is 19.4. The molecule has 0 aliphatic carbocycles. The molecule has 12 heteroatoms. The topological polar surface area (TPSA) is 104 Å². The van der Waals surface area contributed by atoms with Gasteiger partial charge in [0.25, 0.3) is 11.8 Å². The van der Waals surface area contributed by atoms with Crippen LogP contribution in [0.15, 0.2) is 48.7 Å². The number of benzene rings is 2. The van der Waals surface area contributed by atoms with E-state index in [1.54, 1.807) is 13.8 Å². The van der Waals surface area contributed by atoms with Gasteiger partial charge in [0.1, 0.15) is 22.8 Å². The summed E-state index contributed by atoms with van der Waals surface area (Å²) < 4.78 is 79.7. The minimum Gasteiger partial charge on any atom is -0.488 e. The quantitative estimate of drug-likeness (QED) is 0.433. The lowest BCUT2D eigenvalue weighted by atomic mass is 10.1. The summed E-state index contributed by atoms with van der Waals surface area (Å²) in [6.45, 7) is 3.35. The Morgan fingerprint density at radius 2 is 1.71 bits per heavy atom. The molecule has 0 radical (unpaired) electrons. The van der Waals surface area contributed by atoms with Gasteiger partial charge in [-0.1, -0.05) is 0 Å². The van der Waals surface area contributed by atoms with Gasteiger partial charge >= 0.3 is 6.18 Å². The van der Waals surface area contributed by atoms with Crippen molar-refractivity contribution in [2.45, 2.75) is 26.1 Å². The SMILES string of the molecule is CC(C)Oc1ccc(Oc2ccc(C(F)(F)F)c(F)c2C(=O)Nc2ccnc(C(N)=O)c2)cc1F. The minimum absolute atomic E-state index is 0.0946. The zero-order valence-electron chi connectivity index (χ0n) is 18.2. The number of ether oxygens (including phenoxy) is 2. The molecule has 184 valence electrons. The summed E-state index contributed by atoms with van der Waals surface area (Å²) in [5.41, 5.74) is 1.96. The van der Waals surface area contributed by atoms with E-state index in [9.17, 15) is 31.5 Å². The van der Waals surface area contributed by atoms with Gasteiger partial charge in [0.15, 0.2) is 17.4 Å². The van der Waals surface area contributed by atoms with E-state index in [0.717, 1.165) is 24.4 Å². The molecule has 0 atom stereocenters. The summed E-state index contributed by atoms with van der Waals surface area (Å²) in [4.78, 5) is 27.8. The van der Waals surface area contributed by atoms with Gasteiger partial charge < -0.3 is 20.5 Å². The number of hydrogen-bond donors (Lipinski definition) is 2. The van der Waals surface area contributed by atoms with Crippen LogP contribution in [0.3, 0.4) is 0 Å². The molecule has 7 nitrogen and oxygen atoms in total. The maximum Gasteiger partial charge on any atom is 0.419 e. The van der Waals surface area contributed by atoms with Gasteiger partial charge in [-0.05, 0) is 50.2 Å². The van der Waals surface area contributed by atoms with E-state index in [4.69, 9.17) is 15.2 Å². The lowest BCUT2D eigenvalue weighted by molar-refractivity contribution is -0.140. The first-order chi connectivity index (χ1) is 16.4. The number of anilines is 1. The molecule has 3 rings (SSSR count). The zero-order valence-corrected chi connectivity index (χ0v) is 18.2. The summed E-state index contributed by atoms with van der Waals surface area (Å²) in [5.74, 6) is -5.96. The predicted molar refractivity (Wildman–Crippen MR) is 114 cm³/mol. The molecule has 1 aromatic heterocycles. The molecule has 0 aliphatic heterocycles. The number of rotatable bonds is 7. The second-order valence-corrected chi connectivity index (χ2v) is 7.41. The van der Waals surface area contributed by atoms with Crippen LogP contribution in [-0.4, -0.2) is 22.9 Å². The van der Waals surface area contributed by atoms with E-state index in [2.05, 4.69) is 10.3 Å². The average molecular weight is 495 g/mol. The molecule has 3 aromatic rings. The van der Waals surface area contributed by atoms with Crippen LogP contribution in [0.2, 0.25) is 0 Å². The zero-order chi connectivity index (χ0) is 25.9. The van der Waals surface area contributed by atoms with Crippen LogP contribution in [0.5, 0.6) is 17.2 Å². The summed E-state index contributed by atoms with van der Waals surface area (Å²) in [6, 6.07) is 6.71. The smallest absolute Gasteiger partial charge is 0.419 e. The Hall–Kier alpha value is -4.22. The second-order valence-electron chi connectivity index (χ2n) is 7.41. The average Bonchev–Trinajstić information content (AvgIpc) is 2.74. The lowest BCUT2D eigenvalue weighted by Gasteiger charge is -2.17. The molecule has 0 saturated heterocycles. The highest BCUT2D eigenvalue weighted by Gasteiger charge is 2.37. The van der Waals surface area contributed by atoms with Gasteiger partial charge in [0, 0.05) is 18.0 Å². The van der Waals surface area contributed by atoms with Crippen LogP contribution in [0, 0.1) is 11.6 Å². The van der Waals surface area contributed by atoms with Crippen molar-refractivity contribution in [3.8, 4) is 17.2 Å². The number of nitrogens with two attached hydrogens (primary N) is 1. The number of primary amides is 1. The van der Waals surface area contributed by atoms with Crippen LogP contribution in [0.25, 0.3) is 0 Å². The highest BCUT2D eigenvalue weighted by molar-refractivity contribution is 6.07. The number of carbonyl (C=O) groups is 2. The van der Waals surface area contributed by atoms with Crippen molar-refractivity contribution in [2.75, 3.05) is 5.32 Å². The number of halogens is 5. The highest BCUT2D eigenvalue weighted by Crippen LogP contribution is 2.38. The minimum atomic E-state index is -5.12. The molecular weight excluding hydrogens is 477 g/mol. The first-order valence-electron chi connectivity index (χ1n) is 9.97. The van der Waals surface area contributed by atoms with Crippen LogP contribution in [0.1, 0.15) is 40.3 Å². The van der Waals surface area contributed by atoms with Crippen molar-refractivity contribution in [3.63, 3.8) is 0 Å². The first-order valence-corrected chi connectivity index (χ1v) is 9.97. The van der Waals surface area contributed by atoms with E-state index in [1.165, 1.54) is 18.2 Å². The third kappa shape index (κ3) is 6.02. The van der Waals surface area contributed by atoms with Crippen LogP contribution >= 0.6 is 0 Å². The fraction of sp³-hybridized carbons (Fsp3) is 0.174. The Morgan fingerprint density at radius 3 is 2.31 bits per heavy atom. The van der Waals surface area contributed by atoms with Gasteiger partial charge in [-0.3, -0.25) is 14.6 Å². The van der Waals surface area contributed by atoms with E-state index in [-0.39, 0.29) is 29.0 Å². The van der Waals surface area contributed by atoms with E-state index in [1.807, 2.05) is 0 Å². The van der Waals surface area contributed by atoms with Crippen molar-refractivity contribution < 1.29 is 41.0 Å². The fourth-order valence-corrected chi connectivity index (χ4v) is 2.93. The summed E-state index contributed by atoms with van der Waals surface area (Å²) >= 11 is 0. The maximum absolute atomic E-state index is 14.9. The standard InChI is InChI=1S/C23H18F5N3O4/c1-11(2)34-17-5-3-13(10-15(17)24)35-18-6-4-14(23(26,27)28)20(25)19(18)22(33)31-12-7-8-30-16(9-12)21(29)32/h3-11H,1-2H3,(H2,29,32)(H,30,31,33). The molecule has 0 bridgehead atoms. The number of alkyl halides is 3. The summed E-state index contributed by atoms with van der Waals surface area (Å²) in [6.07, 6.45) is -4.34. The molecular formula is C23H18F5N3O4. The molecule has 0 spiro atoms. The van der Waals surface area contributed by atoms with Crippen molar-refractivity contribution in [1.29, 1.82) is 0 Å². The third-order valence-electron chi connectivity index (χ3n) is 4.40. The number of nitrogens with zero attached hydrogens (tertiary/aromatic N) is 1. The van der Waals surface area contributed by atoms with Gasteiger partial charge in [0.05, 0.1) is 11.7 Å². The number of carbonyl (C=O) groups excluding carboxylic acids is 2. The predicted octanol–water partition coefficient (Wildman–Crippen LogP) is 5.31. The van der Waals surface area contributed by atoms with Crippen molar-refractivity contribution >= 4 is 17.5 Å². The van der Waals surface area contributed by atoms with Crippen LogP contribution in [-0.2, 0) is 6.18 Å². The van der Waals surface area contributed by atoms with Crippen LogP contribution in [0.4, 0.5) is 27.6 Å². The summed E-state index contributed by atoms with van der Waals surface area (Å²) in [5, 5.41) is 2.17. The molecule has 3 N–H and O–H groups in total. The maximum atomic E-state index is 14.9. The van der Waals surface area contributed by atoms with Gasteiger partial charge in [-0.25, -0.2) is 8.78 Å². The Balaban J connectivity index is 2.02. The van der Waals surface area contributed by atoms with Gasteiger partial charge in [-0.15, -0.1) is 0 Å². The Kier molecular flexibility index (Phi) is 7.22. The Labute approximate surface area is 195 Å². The Bertz CT molecular complexity index is 1280. The number of hydrogen-bond acceptors (Lipinski definition) is 5. The van der Waals surface area contributed by atoms with E-state index >= 15 is 0 Å². The van der Waals surface area contributed by atoms with Crippen molar-refractivity contribution in [2.24, 2.45) is 5.73 Å². The number of aromatic nitrogens is 1. The number of pyridine rings is 1. The molecule has 2 aromatic carbocycles. The lowest BCUT2D eigenvalue weighted by Crippen LogP contribution is -2.19. The van der Waals surface area contributed by atoms with E-state index < -0.39 is 46.5 Å². The molecule has 1 heterocycles. The van der Waals surface area contributed by atoms with Crippen LogP contribution < -0.4 is 20.5 Å². The molecule has 0 unspecified atom stereocenters. The molecule has 35 heavy (non-hydrogen) atoms. The van der Waals surface area contributed by atoms with Crippen molar-refractivity contribution in [1.82, 2.24) is 4.98 Å². The normalized spacial score (nSPS) is 11.3. The monoisotopic (exact) mass is 495 g/mol. The van der Waals surface area contributed by atoms with Gasteiger partial charge in [-0.2, -0.15) is 13.2 Å². The molecule has 0 aliphatic rings.